The molecule has 27 heavy (non-hydrogen) atoms. The Morgan fingerprint density at radius 2 is 1.93 bits per heavy atom. The first kappa shape index (κ1) is 20.2. The van der Waals surface area contributed by atoms with Crippen LogP contribution in [0.5, 0.6) is 5.75 Å². The maximum Gasteiger partial charge on any atom is 0.253 e. The molecule has 2 atom stereocenters. The number of ether oxygens (including phenoxy) is 1. The zero-order valence-electron chi connectivity index (χ0n) is 15.0. The normalized spacial score (nSPS) is 22.8. The average Bonchev–Trinajstić information content (AvgIpc) is 2.66. The Bertz CT molecular complexity index is 738. The molecule has 2 amide bonds. The first-order valence-corrected chi connectivity index (χ1v) is 9.61. The van der Waals surface area contributed by atoms with Crippen LogP contribution in [0.25, 0.3) is 0 Å². The second kappa shape index (κ2) is 8.22. The molecule has 2 unspecified atom stereocenters. The molecular weight excluding hydrogens is 393 g/mol. The van der Waals surface area contributed by atoms with E-state index >= 15 is 0 Å². The maximum absolute atomic E-state index is 12.6. The van der Waals surface area contributed by atoms with Gasteiger partial charge in [0.2, 0.25) is 5.91 Å². The van der Waals surface area contributed by atoms with Gasteiger partial charge in [0, 0.05) is 37.8 Å². The lowest BCUT2D eigenvalue weighted by Gasteiger charge is -2.38. The number of phenols is 1. The Balaban J connectivity index is 1.59. The van der Waals surface area contributed by atoms with E-state index in [0.29, 0.717) is 36.5 Å². The molecule has 0 spiro atoms. The van der Waals surface area contributed by atoms with Gasteiger partial charge in [-0.2, -0.15) is 0 Å². The maximum atomic E-state index is 12.6. The molecule has 0 aromatic heterocycles. The van der Waals surface area contributed by atoms with Gasteiger partial charge in [-0.05, 0) is 24.8 Å². The van der Waals surface area contributed by atoms with Crippen molar-refractivity contribution in [3.63, 3.8) is 0 Å². The summed E-state index contributed by atoms with van der Waals surface area (Å²) in [4.78, 5) is 27.4. The minimum absolute atomic E-state index is 0.0266. The third-order valence-corrected chi connectivity index (χ3v) is 6.06. The average molecular weight is 416 g/mol. The number of hydrogen-bond acceptors (Lipinski definition) is 5. The van der Waals surface area contributed by atoms with Crippen LogP contribution in [0.3, 0.4) is 0 Å². The number of carbonyl (C=O) groups excluding carboxylic acids is 2. The predicted molar refractivity (Wildman–Crippen MR) is 102 cm³/mol. The quantitative estimate of drug-likeness (QED) is 0.784. The van der Waals surface area contributed by atoms with Crippen LogP contribution >= 0.6 is 23.2 Å². The fourth-order valence-corrected chi connectivity index (χ4v) is 3.92. The molecule has 2 aliphatic heterocycles. The second-order valence-corrected chi connectivity index (χ2v) is 7.90. The minimum Gasteiger partial charge on any atom is -0.508 e. The van der Waals surface area contributed by atoms with E-state index in [1.54, 1.807) is 18.0 Å². The SMILES string of the molecule is CN1CC(C(=O)N2CCC(C(N)c3cc(Cl)c(Cl)cc3O)CC2)OCC1=O. The van der Waals surface area contributed by atoms with Crippen LogP contribution in [0.4, 0.5) is 0 Å². The molecule has 2 fully saturated rings. The number of halogens is 2. The predicted octanol–water partition coefficient (Wildman–Crippen LogP) is 1.79. The summed E-state index contributed by atoms with van der Waals surface area (Å²) in [7, 11) is 1.67. The highest BCUT2D eigenvalue weighted by Gasteiger charge is 2.35. The molecule has 1 aromatic rings. The molecule has 0 aliphatic carbocycles. The molecule has 2 saturated heterocycles. The van der Waals surface area contributed by atoms with Crippen LogP contribution in [0, 0.1) is 5.92 Å². The topological polar surface area (TPSA) is 96.1 Å². The smallest absolute Gasteiger partial charge is 0.253 e. The lowest BCUT2D eigenvalue weighted by Crippen LogP contribution is -2.53. The number of morpholine rings is 1. The molecule has 2 aliphatic rings. The number of rotatable bonds is 3. The third-order valence-electron chi connectivity index (χ3n) is 5.34. The Morgan fingerprint density at radius 1 is 1.30 bits per heavy atom. The van der Waals surface area contributed by atoms with E-state index in [2.05, 4.69) is 0 Å². The molecule has 0 bridgehead atoms. The molecule has 9 heteroatoms. The third kappa shape index (κ3) is 4.32. The molecule has 7 nitrogen and oxygen atoms in total. The lowest BCUT2D eigenvalue weighted by molar-refractivity contribution is -0.160. The summed E-state index contributed by atoms with van der Waals surface area (Å²) in [6, 6.07) is 2.60. The van der Waals surface area contributed by atoms with Crippen molar-refractivity contribution >= 4 is 35.0 Å². The van der Waals surface area contributed by atoms with E-state index in [0.717, 1.165) is 0 Å². The van der Waals surface area contributed by atoms with Gasteiger partial charge >= 0.3 is 0 Å². The van der Waals surface area contributed by atoms with Crippen LogP contribution in [0.2, 0.25) is 10.0 Å². The van der Waals surface area contributed by atoms with E-state index in [1.807, 2.05) is 0 Å². The second-order valence-electron chi connectivity index (χ2n) is 7.09. The summed E-state index contributed by atoms with van der Waals surface area (Å²) in [6.07, 6.45) is 0.791. The highest BCUT2D eigenvalue weighted by Crippen LogP contribution is 2.37. The highest BCUT2D eigenvalue weighted by atomic mass is 35.5. The summed E-state index contributed by atoms with van der Waals surface area (Å²) in [5.74, 6) is -0.0867. The molecule has 1 aromatic carbocycles. The van der Waals surface area contributed by atoms with Crippen LogP contribution in [0.15, 0.2) is 12.1 Å². The lowest BCUT2D eigenvalue weighted by atomic mass is 9.85. The van der Waals surface area contributed by atoms with Gasteiger partial charge in [-0.25, -0.2) is 0 Å². The van der Waals surface area contributed by atoms with E-state index in [-0.39, 0.29) is 41.7 Å². The van der Waals surface area contributed by atoms with Crippen LogP contribution < -0.4 is 5.73 Å². The van der Waals surface area contributed by atoms with Gasteiger partial charge in [-0.3, -0.25) is 9.59 Å². The molecule has 0 radical (unpaired) electrons. The number of amides is 2. The number of carbonyl (C=O) groups is 2. The Labute approximate surface area is 167 Å². The van der Waals surface area contributed by atoms with Crippen LogP contribution in [0.1, 0.15) is 24.4 Å². The van der Waals surface area contributed by atoms with Crippen molar-refractivity contribution < 1.29 is 19.4 Å². The number of piperidine rings is 1. The number of phenolic OH excluding ortho intramolecular Hbond substituents is 1. The van der Waals surface area contributed by atoms with Gasteiger partial charge in [0.25, 0.3) is 5.91 Å². The van der Waals surface area contributed by atoms with Gasteiger partial charge in [0.05, 0.1) is 16.6 Å². The highest BCUT2D eigenvalue weighted by molar-refractivity contribution is 6.42. The van der Waals surface area contributed by atoms with Gasteiger partial charge in [-0.1, -0.05) is 23.2 Å². The van der Waals surface area contributed by atoms with Crippen molar-refractivity contribution in [1.82, 2.24) is 9.80 Å². The van der Waals surface area contributed by atoms with Crippen molar-refractivity contribution in [2.45, 2.75) is 25.0 Å². The van der Waals surface area contributed by atoms with E-state index < -0.39 is 12.1 Å². The largest absolute Gasteiger partial charge is 0.508 e. The van der Waals surface area contributed by atoms with E-state index in [9.17, 15) is 14.7 Å². The Hall–Kier alpha value is -1.54. The summed E-state index contributed by atoms with van der Waals surface area (Å²) >= 11 is 12.0. The Kier molecular flexibility index (Phi) is 6.15. The molecule has 0 saturated carbocycles. The van der Waals surface area contributed by atoms with Crippen LogP contribution in [-0.2, 0) is 14.3 Å². The summed E-state index contributed by atoms with van der Waals surface area (Å²) in [6.45, 7) is 1.31. The molecular formula is C18H23Cl2N3O4. The number of hydrogen-bond donors (Lipinski definition) is 2. The van der Waals surface area contributed by atoms with Crippen molar-refractivity contribution in [1.29, 1.82) is 0 Å². The summed E-state index contributed by atoms with van der Waals surface area (Å²) in [5.41, 5.74) is 6.91. The number of benzene rings is 1. The number of aromatic hydroxyl groups is 1. The molecule has 3 N–H and O–H groups in total. The van der Waals surface area contributed by atoms with E-state index in [1.165, 1.54) is 11.0 Å². The number of likely N-dealkylation sites (tertiary alicyclic amines) is 1. The van der Waals surface area contributed by atoms with Crippen molar-refractivity contribution in [3.05, 3.63) is 27.7 Å². The number of likely N-dealkylation sites (N-methyl/N-ethyl adjacent to an activating group) is 1. The first-order valence-electron chi connectivity index (χ1n) is 8.85. The van der Waals surface area contributed by atoms with Gasteiger partial charge in [-0.15, -0.1) is 0 Å². The fourth-order valence-electron chi connectivity index (χ4n) is 3.59. The van der Waals surface area contributed by atoms with Crippen molar-refractivity contribution in [2.24, 2.45) is 11.7 Å². The van der Waals surface area contributed by atoms with Gasteiger partial charge in [0.15, 0.2) is 6.10 Å². The zero-order valence-corrected chi connectivity index (χ0v) is 16.5. The minimum atomic E-state index is -0.614. The molecule has 148 valence electrons. The van der Waals surface area contributed by atoms with Crippen molar-refractivity contribution in [2.75, 3.05) is 33.3 Å². The number of nitrogens with zero attached hydrogens (tertiary/aromatic N) is 2. The van der Waals surface area contributed by atoms with Gasteiger partial charge < -0.3 is 25.4 Å². The monoisotopic (exact) mass is 415 g/mol. The zero-order chi connectivity index (χ0) is 19.7. The molecule has 3 rings (SSSR count). The Morgan fingerprint density at radius 3 is 2.56 bits per heavy atom. The first-order chi connectivity index (χ1) is 12.8. The fraction of sp³-hybridized carbons (Fsp3) is 0.556. The standard InChI is InChI=1S/C18H23Cl2N3O4/c1-22-8-15(27-9-16(22)25)18(26)23-4-2-10(3-5-23)17(21)11-6-12(19)13(20)7-14(11)24/h6-7,10,15,17,24H,2-5,8-9,21H2,1H3. The molecule has 2 heterocycles. The summed E-state index contributed by atoms with van der Waals surface area (Å²) < 4.78 is 5.39. The van der Waals surface area contributed by atoms with Gasteiger partial charge in [0.1, 0.15) is 12.4 Å². The van der Waals surface area contributed by atoms with Crippen molar-refractivity contribution in [3.8, 4) is 5.75 Å². The number of nitrogens with two attached hydrogens (primary N) is 1. The van der Waals surface area contributed by atoms with E-state index in [4.69, 9.17) is 33.7 Å². The summed E-state index contributed by atoms with van der Waals surface area (Å²) in [5, 5.41) is 10.8. The van der Waals surface area contributed by atoms with Crippen LogP contribution in [-0.4, -0.2) is 66.1 Å².